The molecule has 8 heteroatoms. The molecular formula is C20H21N3O4S. The summed E-state index contributed by atoms with van der Waals surface area (Å²) in [5.41, 5.74) is 1.08. The Hall–Kier alpha value is -3.00. The number of hydrogen-bond donors (Lipinski definition) is 1. The van der Waals surface area contributed by atoms with E-state index in [0.29, 0.717) is 5.69 Å². The summed E-state index contributed by atoms with van der Waals surface area (Å²) in [5.74, 6) is -0.706. The highest BCUT2D eigenvalue weighted by Gasteiger charge is 2.34. The van der Waals surface area contributed by atoms with Gasteiger partial charge in [-0.15, -0.1) is 0 Å². The van der Waals surface area contributed by atoms with Crippen LogP contribution in [0, 0.1) is 0 Å². The van der Waals surface area contributed by atoms with Crippen LogP contribution >= 0.6 is 0 Å². The highest BCUT2D eigenvalue weighted by Crippen LogP contribution is 2.26. The van der Waals surface area contributed by atoms with E-state index in [-0.39, 0.29) is 34.3 Å². The van der Waals surface area contributed by atoms with E-state index < -0.39 is 21.8 Å². The maximum absolute atomic E-state index is 12.8. The molecule has 1 aliphatic heterocycles. The minimum absolute atomic E-state index is 0.0625. The van der Waals surface area contributed by atoms with Crippen LogP contribution in [-0.2, 0) is 19.4 Å². The number of sulfone groups is 1. The Kier molecular flexibility index (Phi) is 5.60. The zero-order valence-corrected chi connectivity index (χ0v) is 16.4. The zero-order chi connectivity index (χ0) is 20.3. The van der Waals surface area contributed by atoms with Crippen molar-refractivity contribution in [2.24, 2.45) is 5.10 Å². The highest BCUT2D eigenvalue weighted by molar-refractivity contribution is 7.91. The molecule has 0 saturated heterocycles. The number of rotatable bonds is 6. The number of benzene rings is 2. The molecule has 0 radical (unpaired) electrons. The van der Waals surface area contributed by atoms with E-state index in [9.17, 15) is 18.0 Å². The van der Waals surface area contributed by atoms with Gasteiger partial charge in [0, 0.05) is 6.42 Å². The first-order chi connectivity index (χ1) is 13.3. The Balaban J connectivity index is 1.89. The first-order valence-corrected chi connectivity index (χ1v) is 10.5. The van der Waals surface area contributed by atoms with Gasteiger partial charge < -0.3 is 5.32 Å². The summed E-state index contributed by atoms with van der Waals surface area (Å²) in [6.45, 7) is 3.00. The largest absolute Gasteiger partial charge is 0.320 e. The zero-order valence-electron chi connectivity index (χ0n) is 15.6. The summed E-state index contributed by atoms with van der Waals surface area (Å²) in [6.07, 6.45) is 0.152. The molecule has 2 aromatic carbocycles. The number of para-hydroxylation sites is 2. The van der Waals surface area contributed by atoms with E-state index in [1.165, 1.54) is 24.1 Å². The average Bonchev–Trinajstić information content (AvgIpc) is 3.15. The molecule has 2 aromatic rings. The van der Waals surface area contributed by atoms with Crippen molar-refractivity contribution >= 4 is 38.6 Å². The molecule has 0 aliphatic carbocycles. The van der Waals surface area contributed by atoms with Gasteiger partial charge in [0.2, 0.25) is 0 Å². The second kappa shape index (κ2) is 7.93. The van der Waals surface area contributed by atoms with E-state index in [1.54, 1.807) is 19.1 Å². The number of nitrogens with zero attached hydrogens (tertiary/aromatic N) is 2. The van der Waals surface area contributed by atoms with Gasteiger partial charge in [-0.3, -0.25) is 14.6 Å². The lowest BCUT2D eigenvalue weighted by Crippen LogP contribution is -2.33. The van der Waals surface area contributed by atoms with Crippen molar-refractivity contribution in [1.29, 1.82) is 0 Å². The van der Waals surface area contributed by atoms with Gasteiger partial charge in [-0.25, -0.2) is 8.42 Å². The van der Waals surface area contributed by atoms with Crippen LogP contribution in [0.3, 0.4) is 0 Å². The summed E-state index contributed by atoms with van der Waals surface area (Å²) in [7, 11) is -3.50. The van der Waals surface area contributed by atoms with Crippen LogP contribution in [0.2, 0.25) is 0 Å². The van der Waals surface area contributed by atoms with E-state index in [2.05, 4.69) is 10.4 Å². The second-order valence-electron chi connectivity index (χ2n) is 6.41. The lowest BCUT2D eigenvalue weighted by molar-refractivity contribution is -0.118. The summed E-state index contributed by atoms with van der Waals surface area (Å²) in [6, 6.07) is 14.8. The van der Waals surface area contributed by atoms with Gasteiger partial charge in [0.25, 0.3) is 5.91 Å². The summed E-state index contributed by atoms with van der Waals surface area (Å²) >= 11 is 0. The predicted molar refractivity (Wildman–Crippen MR) is 108 cm³/mol. The number of ketones is 1. The Morgan fingerprint density at radius 2 is 1.75 bits per heavy atom. The second-order valence-corrected chi connectivity index (χ2v) is 8.66. The lowest BCUT2D eigenvalue weighted by Gasteiger charge is -2.20. The Labute approximate surface area is 164 Å². The Morgan fingerprint density at radius 3 is 2.39 bits per heavy atom. The number of carbonyl (C=O) groups excluding carboxylic acids is 2. The number of amides is 1. The maximum atomic E-state index is 12.8. The molecule has 146 valence electrons. The van der Waals surface area contributed by atoms with Crippen LogP contribution in [-0.4, -0.2) is 37.6 Å². The average molecular weight is 399 g/mol. The van der Waals surface area contributed by atoms with Crippen molar-refractivity contribution in [2.45, 2.75) is 31.2 Å². The third-order valence-corrected chi connectivity index (χ3v) is 6.30. The number of hydrazone groups is 1. The highest BCUT2D eigenvalue weighted by atomic mass is 32.2. The fourth-order valence-electron chi connectivity index (χ4n) is 2.97. The molecule has 0 spiro atoms. The van der Waals surface area contributed by atoms with Gasteiger partial charge in [-0.2, -0.15) is 5.10 Å². The van der Waals surface area contributed by atoms with Crippen molar-refractivity contribution in [3.05, 3.63) is 54.6 Å². The molecule has 1 N–H and O–H groups in total. The molecule has 1 heterocycles. The van der Waals surface area contributed by atoms with Gasteiger partial charge in [-0.1, -0.05) is 37.3 Å². The van der Waals surface area contributed by atoms with Crippen molar-refractivity contribution in [2.75, 3.05) is 16.1 Å². The van der Waals surface area contributed by atoms with Gasteiger partial charge in [-0.05, 0) is 31.2 Å². The standard InChI is InChI=1S/C20H21N3O4S/c1-3-28(26,27)19-12-8-7-11-16(19)21-20(25)17-13-18(14(2)24)23(22-17)15-9-5-4-6-10-15/h4-12,18H,3,13H2,1-2H3,(H,21,25)/t18-/m1/s1. The molecule has 3 rings (SSSR count). The summed E-state index contributed by atoms with van der Waals surface area (Å²) in [5, 5.41) is 8.51. The molecule has 0 unspecified atom stereocenters. The first kappa shape index (κ1) is 19.8. The minimum Gasteiger partial charge on any atom is -0.320 e. The van der Waals surface area contributed by atoms with Crippen LogP contribution in [0.4, 0.5) is 11.4 Å². The number of Topliss-reactive ketones (excluding diaryl/α,β-unsaturated/α-hetero) is 1. The number of nitrogens with one attached hydrogen (secondary N) is 1. The quantitative estimate of drug-likeness (QED) is 0.806. The molecular weight excluding hydrogens is 378 g/mol. The van der Waals surface area contributed by atoms with Crippen molar-refractivity contribution < 1.29 is 18.0 Å². The van der Waals surface area contributed by atoms with Gasteiger partial charge in [0.05, 0.1) is 22.0 Å². The minimum atomic E-state index is -3.50. The number of anilines is 2. The summed E-state index contributed by atoms with van der Waals surface area (Å²) < 4.78 is 24.5. The topological polar surface area (TPSA) is 95.9 Å². The van der Waals surface area contributed by atoms with Crippen molar-refractivity contribution in [1.82, 2.24) is 0 Å². The lowest BCUT2D eigenvalue weighted by atomic mass is 10.1. The molecule has 1 atom stereocenters. The van der Waals surface area contributed by atoms with E-state index in [1.807, 2.05) is 30.3 Å². The van der Waals surface area contributed by atoms with Crippen LogP contribution in [0.5, 0.6) is 0 Å². The fourth-order valence-corrected chi connectivity index (χ4v) is 4.02. The van der Waals surface area contributed by atoms with Crippen LogP contribution in [0.25, 0.3) is 0 Å². The first-order valence-electron chi connectivity index (χ1n) is 8.89. The van der Waals surface area contributed by atoms with Crippen LogP contribution < -0.4 is 10.3 Å². The monoisotopic (exact) mass is 399 g/mol. The molecule has 0 saturated carbocycles. The predicted octanol–water partition coefficient (Wildman–Crippen LogP) is 2.64. The number of hydrogen-bond acceptors (Lipinski definition) is 6. The molecule has 0 fully saturated rings. The Bertz CT molecular complexity index is 1030. The SMILES string of the molecule is CCS(=O)(=O)c1ccccc1NC(=O)C1=NN(c2ccccc2)[C@@H](C(C)=O)C1. The van der Waals surface area contributed by atoms with Crippen LogP contribution in [0.15, 0.2) is 64.6 Å². The molecule has 1 amide bonds. The molecule has 7 nitrogen and oxygen atoms in total. The van der Waals surface area contributed by atoms with Crippen molar-refractivity contribution in [3.8, 4) is 0 Å². The normalized spacial score (nSPS) is 16.6. The van der Waals surface area contributed by atoms with E-state index >= 15 is 0 Å². The van der Waals surface area contributed by atoms with Crippen molar-refractivity contribution in [3.63, 3.8) is 0 Å². The molecule has 1 aliphatic rings. The Morgan fingerprint density at radius 1 is 1.11 bits per heavy atom. The maximum Gasteiger partial charge on any atom is 0.271 e. The third kappa shape index (κ3) is 3.96. The van der Waals surface area contributed by atoms with Gasteiger partial charge in [0.15, 0.2) is 15.6 Å². The van der Waals surface area contributed by atoms with Gasteiger partial charge in [0.1, 0.15) is 11.8 Å². The van der Waals surface area contributed by atoms with E-state index in [0.717, 1.165) is 0 Å². The number of carbonyl (C=O) groups is 2. The fraction of sp³-hybridized carbons (Fsp3) is 0.250. The van der Waals surface area contributed by atoms with E-state index in [4.69, 9.17) is 0 Å². The molecule has 0 bridgehead atoms. The molecule has 28 heavy (non-hydrogen) atoms. The van der Waals surface area contributed by atoms with Gasteiger partial charge >= 0.3 is 0 Å². The smallest absolute Gasteiger partial charge is 0.271 e. The molecule has 0 aromatic heterocycles. The van der Waals surface area contributed by atoms with Crippen LogP contribution in [0.1, 0.15) is 20.3 Å². The summed E-state index contributed by atoms with van der Waals surface area (Å²) in [4.78, 5) is 24.9. The third-order valence-electron chi connectivity index (χ3n) is 4.51.